The van der Waals surface area contributed by atoms with E-state index in [9.17, 15) is 14.4 Å². The van der Waals surface area contributed by atoms with E-state index in [-0.39, 0.29) is 29.9 Å². The van der Waals surface area contributed by atoms with E-state index in [1.54, 1.807) is 12.1 Å². The minimum absolute atomic E-state index is 0.0679. The summed E-state index contributed by atoms with van der Waals surface area (Å²) >= 11 is 1.42. The van der Waals surface area contributed by atoms with Crippen LogP contribution in [0.25, 0.3) is 0 Å². The Hall–Kier alpha value is -2.80. The molecule has 0 aliphatic carbocycles. The molecule has 0 spiro atoms. The average molecular weight is 401 g/mol. The predicted molar refractivity (Wildman–Crippen MR) is 112 cm³/mol. The number of aliphatic carboxylic acids is 1. The monoisotopic (exact) mass is 400 g/mol. The Morgan fingerprint density at radius 2 is 1.57 bits per heavy atom. The van der Waals surface area contributed by atoms with Crippen LogP contribution in [0.4, 0.5) is 11.4 Å². The van der Waals surface area contributed by atoms with Gasteiger partial charge in [-0.25, -0.2) is 0 Å². The van der Waals surface area contributed by atoms with E-state index in [1.165, 1.54) is 17.3 Å². The van der Waals surface area contributed by atoms with Crippen molar-refractivity contribution < 1.29 is 19.5 Å². The number of benzene rings is 2. The normalized spacial score (nSPS) is 11.5. The molecule has 28 heavy (non-hydrogen) atoms. The zero-order chi connectivity index (χ0) is 20.7. The van der Waals surface area contributed by atoms with Crippen molar-refractivity contribution >= 4 is 40.9 Å². The van der Waals surface area contributed by atoms with Crippen LogP contribution in [0.3, 0.4) is 0 Å². The van der Waals surface area contributed by atoms with Gasteiger partial charge in [-0.05, 0) is 68.3 Å². The van der Waals surface area contributed by atoms with E-state index in [4.69, 9.17) is 5.11 Å². The van der Waals surface area contributed by atoms with Gasteiger partial charge in [-0.2, -0.15) is 0 Å². The van der Waals surface area contributed by atoms with Crippen LogP contribution in [-0.2, 0) is 14.4 Å². The highest BCUT2D eigenvalue weighted by atomic mass is 32.2. The summed E-state index contributed by atoms with van der Waals surface area (Å²) in [6.07, 6.45) is -0.269. The number of rotatable bonds is 8. The number of carbonyl (C=O) groups excluding carboxylic acids is 2. The minimum Gasteiger partial charge on any atom is -0.481 e. The first-order chi connectivity index (χ1) is 13.2. The number of hydrogen-bond acceptors (Lipinski definition) is 4. The van der Waals surface area contributed by atoms with Crippen LogP contribution in [0.15, 0.2) is 47.4 Å². The molecule has 2 aromatic carbocycles. The molecular weight excluding hydrogens is 376 g/mol. The number of carbonyl (C=O) groups is 3. The maximum absolute atomic E-state index is 12.4. The summed E-state index contributed by atoms with van der Waals surface area (Å²) in [6.45, 7) is 5.87. The summed E-state index contributed by atoms with van der Waals surface area (Å²) in [7, 11) is 0. The molecular formula is C21H24N2O4S. The number of hydrogen-bond donors (Lipinski definition) is 3. The number of amides is 2. The van der Waals surface area contributed by atoms with E-state index in [0.717, 1.165) is 16.1 Å². The lowest BCUT2D eigenvalue weighted by Crippen LogP contribution is -2.22. The molecule has 0 heterocycles. The fourth-order valence-corrected chi connectivity index (χ4v) is 3.25. The Morgan fingerprint density at radius 3 is 2.18 bits per heavy atom. The summed E-state index contributed by atoms with van der Waals surface area (Å²) in [5.41, 5.74) is 3.67. The first kappa shape index (κ1) is 21.5. The maximum atomic E-state index is 12.4. The highest BCUT2D eigenvalue weighted by molar-refractivity contribution is 8.00. The van der Waals surface area contributed by atoms with Crippen LogP contribution < -0.4 is 10.6 Å². The molecule has 6 nitrogen and oxygen atoms in total. The van der Waals surface area contributed by atoms with E-state index in [2.05, 4.69) is 10.6 Å². The smallest absolute Gasteiger partial charge is 0.303 e. The molecule has 0 aromatic heterocycles. The predicted octanol–water partition coefficient (Wildman–Crippen LogP) is 4.23. The molecule has 2 amide bonds. The lowest BCUT2D eigenvalue weighted by atomic mass is 10.1. The molecule has 1 atom stereocenters. The summed E-state index contributed by atoms with van der Waals surface area (Å²) in [4.78, 5) is 35.5. The number of thioether (sulfide) groups is 1. The topological polar surface area (TPSA) is 95.5 Å². The molecule has 0 aliphatic heterocycles. The number of carboxylic acids is 1. The standard InChI is InChI=1S/C21H24N2O4S/c1-13-4-5-17(12-14(13)2)23-21(27)15(3)28-18-8-6-16(7-9-18)22-19(24)10-11-20(25)26/h4-9,12,15H,10-11H2,1-3H3,(H,22,24)(H,23,27)(H,25,26). The van der Waals surface area contributed by atoms with Crippen LogP contribution >= 0.6 is 11.8 Å². The maximum Gasteiger partial charge on any atom is 0.303 e. The molecule has 3 N–H and O–H groups in total. The van der Waals surface area contributed by atoms with Crippen molar-refractivity contribution in [2.45, 2.75) is 43.8 Å². The van der Waals surface area contributed by atoms with Crippen LogP contribution in [0.5, 0.6) is 0 Å². The van der Waals surface area contributed by atoms with Crippen molar-refractivity contribution in [2.24, 2.45) is 0 Å². The van der Waals surface area contributed by atoms with Crippen LogP contribution in [0.2, 0.25) is 0 Å². The largest absolute Gasteiger partial charge is 0.481 e. The zero-order valence-corrected chi connectivity index (χ0v) is 16.9. The Bertz CT molecular complexity index is 865. The van der Waals surface area contributed by atoms with Gasteiger partial charge >= 0.3 is 5.97 Å². The van der Waals surface area contributed by atoms with Gasteiger partial charge in [0.1, 0.15) is 0 Å². The Morgan fingerprint density at radius 1 is 0.929 bits per heavy atom. The van der Waals surface area contributed by atoms with Gasteiger partial charge in [-0.3, -0.25) is 14.4 Å². The fraction of sp³-hybridized carbons (Fsp3) is 0.286. The molecule has 0 bridgehead atoms. The van der Waals surface area contributed by atoms with Gasteiger partial charge in [0.2, 0.25) is 11.8 Å². The minimum atomic E-state index is -1.00. The molecule has 0 saturated carbocycles. The number of carboxylic acid groups (broad SMARTS) is 1. The third-order valence-electron chi connectivity index (χ3n) is 4.16. The van der Waals surface area contributed by atoms with Gasteiger partial charge in [0.25, 0.3) is 0 Å². The highest BCUT2D eigenvalue weighted by Gasteiger charge is 2.15. The summed E-state index contributed by atoms with van der Waals surface area (Å²) in [6, 6.07) is 12.9. The van der Waals surface area contributed by atoms with Crippen LogP contribution in [0.1, 0.15) is 30.9 Å². The second kappa shape index (κ2) is 9.94. The van der Waals surface area contributed by atoms with E-state index in [1.807, 2.05) is 51.1 Å². The van der Waals surface area contributed by atoms with E-state index < -0.39 is 5.97 Å². The summed E-state index contributed by atoms with van der Waals surface area (Å²) in [5, 5.41) is 13.9. The molecule has 2 rings (SSSR count). The van der Waals surface area contributed by atoms with Crippen molar-refractivity contribution in [3.63, 3.8) is 0 Å². The molecule has 0 aliphatic rings. The van der Waals surface area contributed by atoms with Crippen molar-refractivity contribution in [3.05, 3.63) is 53.6 Å². The van der Waals surface area contributed by atoms with Crippen molar-refractivity contribution in [1.82, 2.24) is 0 Å². The molecule has 7 heteroatoms. The van der Waals surface area contributed by atoms with Crippen molar-refractivity contribution in [1.29, 1.82) is 0 Å². The van der Waals surface area contributed by atoms with Gasteiger partial charge in [-0.1, -0.05) is 6.07 Å². The summed E-state index contributed by atoms with van der Waals surface area (Å²) < 4.78 is 0. The molecule has 0 fully saturated rings. The van der Waals surface area contributed by atoms with Gasteiger partial charge in [0, 0.05) is 22.7 Å². The van der Waals surface area contributed by atoms with Gasteiger partial charge in [0.15, 0.2) is 0 Å². The second-order valence-electron chi connectivity index (χ2n) is 6.51. The third kappa shape index (κ3) is 6.74. The first-order valence-corrected chi connectivity index (χ1v) is 9.79. The summed E-state index contributed by atoms with van der Waals surface area (Å²) in [5.74, 6) is -1.43. The zero-order valence-electron chi connectivity index (χ0n) is 16.1. The van der Waals surface area contributed by atoms with E-state index in [0.29, 0.717) is 5.69 Å². The molecule has 2 aromatic rings. The number of aryl methyl sites for hydroxylation is 2. The fourth-order valence-electron chi connectivity index (χ4n) is 2.38. The van der Waals surface area contributed by atoms with Gasteiger partial charge in [-0.15, -0.1) is 11.8 Å². The Kier molecular flexibility index (Phi) is 7.63. The van der Waals surface area contributed by atoms with Crippen LogP contribution in [0, 0.1) is 13.8 Å². The van der Waals surface area contributed by atoms with Gasteiger partial charge in [0.05, 0.1) is 11.7 Å². The molecule has 0 saturated heterocycles. The SMILES string of the molecule is Cc1ccc(NC(=O)C(C)Sc2ccc(NC(=O)CCC(=O)O)cc2)cc1C. The highest BCUT2D eigenvalue weighted by Crippen LogP contribution is 2.26. The third-order valence-corrected chi connectivity index (χ3v) is 5.27. The first-order valence-electron chi connectivity index (χ1n) is 8.91. The Balaban J connectivity index is 1.88. The lowest BCUT2D eigenvalue weighted by Gasteiger charge is -2.13. The lowest BCUT2D eigenvalue weighted by molar-refractivity contribution is -0.138. The number of nitrogens with one attached hydrogen (secondary N) is 2. The van der Waals surface area contributed by atoms with Crippen molar-refractivity contribution in [3.8, 4) is 0 Å². The quantitative estimate of drug-likeness (QED) is 0.577. The second-order valence-corrected chi connectivity index (χ2v) is 7.93. The Labute approximate surface area is 168 Å². The van der Waals surface area contributed by atoms with Crippen molar-refractivity contribution in [2.75, 3.05) is 10.6 Å². The van der Waals surface area contributed by atoms with E-state index >= 15 is 0 Å². The molecule has 148 valence electrons. The average Bonchev–Trinajstić information content (AvgIpc) is 2.64. The molecule has 0 radical (unpaired) electrons. The molecule has 1 unspecified atom stereocenters. The van der Waals surface area contributed by atoms with Crippen LogP contribution in [-0.4, -0.2) is 28.1 Å². The van der Waals surface area contributed by atoms with Gasteiger partial charge < -0.3 is 15.7 Å². The number of anilines is 2.